The van der Waals surface area contributed by atoms with Gasteiger partial charge in [-0.1, -0.05) is 19.3 Å². The third-order valence-corrected chi connectivity index (χ3v) is 4.00. The summed E-state index contributed by atoms with van der Waals surface area (Å²) in [5.41, 5.74) is -0.113. The predicted molar refractivity (Wildman–Crippen MR) is 77.3 cm³/mol. The van der Waals surface area contributed by atoms with Gasteiger partial charge >= 0.3 is 6.03 Å². The average molecular weight is 285 g/mol. The van der Waals surface area contributed by atoms with Crippen LogP contribution >= 0.6 is 0 Å². The fourth-order valence-electron chi connectivity index (χ4n) is 2.58. The molecule has 1 aliphatic carbocycles. The van der Waals surface area contributed by atoms with E-state index in [1.54, 1.807) is 13.8 Å². The Hall–Kier alpha value is -1.14. The van der Waals surface area contributed by atoms with Crippen LogP contribution in [0.2, 0.25) is 0 Å². The van der Waals surface area contributed by atoms with Crippen LogP contribution in [0.25, 0.3) is 0 Å². The summed E-state index contributed by atoms with van der Waals surface area (Å²) in [5.74, 6) is -0.347. The molecule has 1 rings (SSSR count). The molecule has 6 nitrogen and oxygen atoms in total. The van der Waals surface area contributed by atoms with Crippen LogP contribution in [0.1, 0.15) is 46.0 Å². The van der Waals surface area contributed by atoms with Crippen molar-refractivity contribution in [2.45, 2.75) is 52.0 Å². The molecule has 0 aromatic rings. The second-order valence-electron chi connectivity index (χ2n) is 5.67. The number of carbonyl (C=O) groups is 2. The van der Waals surface area contributed by atoms with Crippen LogP contribution < -0.4 is 16.0 Å². The molecule has 0 heterocycles. The Morgan fingerprint density at radius 3 is 2.45 bits per heavy atom. The SMILES string of the molecule is CCNC(=O)NC(=O)C(C)NCC1(CO)CCCCC1. The van der Waals surface area contributed by atoms with E-state index in [1.165, 1.54) is 6.42 Å². The van der Waals surface area contributed by atoms with Crippen LogP contribution in [0.3, 0.4) is 0 Å². The fourth-order valence-corrected chi connectivity index (χ4v) is 2.58. The van der Waals surface area contributed by atoms with E-state index >= 15 is 0 Å². The first kappa shape index (κ1) is 16.9. The van der Waals surface area contributed by atoms with Crippen molar-refractivity contribution in [3.8, 4) is 0 Å². The molecular weight excluding hydrogens is 258 g/mol. The van der Waals surface area contributed by atoms with Crippen molar-refractivity contribution in [1.29, 1.82) is 0 Å². The maximum atomic E-state index is 11.8. The minimum absolute atomic E-state index is 0.113. The molecule has 0 saturated heterocycles. The molecule has 1 aliphatic rings. The van der Waals surface area contributed by atoms with Crippen LogP contribution in [-0.4, -0.2) is 42.8 Å². The van der Waals surface area contributed by atoms with E-state index in [9.17, 15) is 14.7 Å². The summed E-state index contributed by atoms with van der Waals surface area (Å²) in [6, 6.07) is -0.927. The van der Waals surface area contributed by atoms with Gasteiger partial charge in [0.2, 0.25) is 5.91 Å². The van der Waals surface area contributed by atoms with Gasteiger partial charge in [0.25, 0.3) is 0 Å². The van der Waals surface area contributed by atoms with Crippen molar-refractivity contribution in [3.05, 3.63) is 0 Å². The third-order valence-electron chi connectivity index (χ3n) is 4.00. The molecule has 1 unspecified atom stereocenters. The van der Waals surface area contributed by atoms with E-state index in [0.717, 1.165) is 25.7 Å². The zero-order valence-corrected chi connectivity index (χ0v) is 12.5. The van der Waals surface area contributed by atoms with Crippen LogP contribution in [-0.2, 0) is 4.79 Å². The molecule has 3 amide bonds. The van der Waals surface area contributed by atoms with Gasteiger partial charge in [-0.05, 0) is 26.7 Å². The van der Waals surface area contributed by atoms with E-state index in [2.05, 4.69) is 16.0 Å². The molecule has 20 heavy (non-hydrogen) atoms. The Balaban J connectivity index is 2.39. The van der Waals surface area contributed by atoms with Gasteiger partial charge in [0.15, 0.2) is 0 Å². The molecule has 1 saturated carbocycles. The molecule has 4 N–H and O–H groups in total. The first-order valence-corrected chi connectivity index (χ1v) is 7.46. The minimum atomic E-state index is -0.472. The predicted octanol–water partition coefficient (Wildman–Crippen LogP) is 0.753. The molecule has 116 valence electrons. The number of nitrogens with one attached hydrogen (secondary N) is 3. The van der Waals surface area contributed by atoms with Gasteiger partial charge in [-0.3, -0.25) is 10.1 Å². The molecule has 1 fully saturated rings. The van der Waals surface area contributed by atoms with Crippen molar-refractivity contribution in [3.63, 3.8) is 0 Å². The number of amides is 3. The number of imide groups is 1. The highest BCUT2D eigenvalue weighted by atomic mass is 16.3. The van der Waals surface area contributed by atoms with Gasteiger partial charge < -0.3 is 15.7 Å². The number of aliphatic hydroxyl groups is 1. The summed E-state index contributed by atoms with van der Waals surface area (Å²) < 4.78 is 0. The number of rotatable bonds is 6. The molecule has 0 aliphatic heterocycles. The molecular formula is C14H27N3O3. The summed E-state index contributed by atoms with van der Waals surface area (Å²) >= 11 is 0. The van der Waals surface area contributed by atoms with Crippen molar-refractivity contribution < 1.29 is 14.7 Å². The van der Waals surface area contributed by atoms with Gasteiger partial charge in [-0.25, -0.2) is 4.79 Å². The van der Waals surface area contributed by atoms with E-state index in [-0.39, 0.29) is 17.9 Å². The van der Waals surface area contributed by atoms with Crippen molar-refractivity contribution in [2.24, 2.45) is 5.41 Å². The Labute approximate surface area is 120 Å². The highest BCUT2D eigenvalue weighted by Gasteiger charge is 2.32. The Kier molecular flexibility index (Phi) is 6.95. The molecule has 0 radical (unpaired) electrons. The Morgan fingerprint density at radius 2 is 1.90 bits per heavy atom. The lowest BCUT2D eigenvalue weighted by molar-refractivity contribution is -0.121. The van der Waals surface area contributed by atoms with Gasteiger partial charge in [0, 0.05) is 25.1 Å². The van der Waals surface area contributed by atoms with Gasteiger partial charge in [-0.2, -0.15) is 0 Å². The summed E-state index contributed by atoms with van der Waals surface area (Å²) in [6.45, 7) is 4.75. The van der Waals surface area contributed by atoms with Gasteiger partial charge in [0.05, 0.1) is 6.04 Å². The van der Waals surface area contributed by atoms with Gasteiger partial charge in [-0.15, -0.1) is 0 Å². The number of aliphatic hydroxyl groups excluding tert-OH is 1. The number of urea groups is 1. The van der Waals surface area contributed by atoms with Gasteiger partial charge in [0.1, 0.15) is 0 Å². The monoisotopic (exact) mass is 285 g/mol. The summed E-state index contributed by atoms with van der Waals surface area (Å²) in [4.78, 5) is 23.1. The van der Waals surface area contributed by atoms with E-state index in [0.29, 0.717) is 13.1 Å². The molecule has 0 spiro atoms. The lowest BCUT2D eigenvalue weighted by Gasteiger charge is -2.36. The fraction of sp³-hybridized carbons (Fsp3) is 0.857. The summed E-state index contributed by atoms with van der Waals surface area (Å²) in [5, 5.41) is 17.5. The quantitative estimate of drug-likeness (QED) is 0.580. The molecule has 0 aromatic heterocycles. The number of hydrogen-bond donors (Lipinski definition) is 4. The summed E-state index contributed by atoms with van der Waals surface area (Å²) in [7, 11) is 0. The normalized spacial score (nSPS) is 19.1. The number of carbonyl (C=O) groups excluding carboxylic acids is 2. The van der Waals surface area contributed by atoms with E-state index in [4.69, 9.17) is 0 Å². The minimum Gasteiger partial charge on any atom is -0.396 e. The van der Waals surface area contributed by atoms with Crippen LogP contribution in [0, 0.1) is 5.41 Å². The first-order valence-electron chi connectivity index (χ1n) is 7.46. The van der Waals surface area contributed by atoms with Crippen molar-refractivity contribution in [2.75, 3.05) is 19.7 Å². The van der Waals surface area contributed by atoms with Crippen LogP contribution in [0.5, 0.6) is 0 Å². The maximum absolute atomic E-state index is 11.8. The van der Waals surface area contributed by atoms with Crippen LogP contribution in [0.15, 0.2) is 0 Å². The van der Waals surface area contributed by atoms with E-state index < -0.39 is 12.1 Å². The topological polar surface area (TPSA) is 90.5 Å². The van der Waals surface area contributed by atoms with Crippen molar-refractivity contribution in [1.82, 2.24) is 16.0 Å². The lowest BCUT2D eigenvalue weighted by Crippen LogP contribution is -2.51. The standard InChI is InChI=1S/C14H27N3O3/c1-3-15-13(20)17-12(19)11(2)16-9-14(10-18)7-5-4-6-8-14/h11,16,18H,3-10H2,1-2H3,(H2,15,17,19,20). The van der Waals surface area contributed by atoms with Crippen molar-refractivity contribution >= 4 is 11.9 Å². The third kappa shape index (κ3) is 5.09. The molecule has 0 aromatic carbocycles. The highest BCUT2D eigenvalue weighted by molar-refractivity contribution is 5.96. The van der Waals surface area contributed by atoms with Crippen LogP contribution in [0.4, 0.5) is 4.79 Å². The smallest absolute Gasteiger partial charge is 0.321 e. The molecule has 0 bridgehead atoms. The summed E-state index contributed by atoms with van der Waals surface area (Å²) in [6.07, 6.45) is 5.45. The molecule has 1 atom stereocenters. The second-order valence-corrected chi connectivity index (χ2v) is 5.67. The maximum Gasteiger partial charge on any atom is 0.321 e. The zero-order valence-electron chi connectivity index (χ0n) is 12.5. The second kappa shape index (κ2) is 8.21. The highest BCUT2D eigenvalue weighted by Crippen LogP contribution is 2.35. The first-order chi connectivity index (χ1) is 9.53. The average Bonchev–Trinajstić information content (AvgIpc) is 2.46. The Bertz CT molecular complexity index is 328. The number of hydrogen-bond acceptors (Lipinski definition) is 4. The zero-order chi connectivity index (χ0) is 15.0. The van der Waals surface area contributed by atoms with E-state index in [1.807, 2.05) is 0 Å². The molecule has 6 heteroatoms. The Morgan fingerprint density at radius 1 is 1.25 bits per heavy atom. The largest absolute Gasteiger partial charge is 0.396 e. The lowest BCUT2D eigenvalue weighted by atomic mass is 9.74.